The van der Waals surface area contributed by atoms with Gasteiger partial charge in [-0.15, -0.1) is 0 Å². The van der Waals surface area contributed by atoms with Crippen LogP contribution in [-0.2, 0) is 13.5 Å². The molecule has 2 aromatic heterocycles. The highest BCUT2D eigenvalue weighted by molar-refractivity contribution is 5.80. The van der Waals surface area contributed by atoms with E-state index in [9.17, 15) is 4.79 Å². The zero-order chi connectivity index (χ0) is 22.0. The minimum Gasteiger partial charge on any atom is -0.490 e. The topological polar surface area (TPSA) is 92.3 Å². The molecule has 31 heavy (non-hydrogen) atoms. The SMILES string of the molecule is CCOc1ccc(Cc2nc(-c3ccc4c(c3)nc(C)c(=O)n4C)no2)cc1OCC. The molecule has 160 valence electrons. The summed E-state index contributed by atoms with van der Waals surface area (Å²) in [5, 5.41) is 4.12. The Morgan fingerprint density at radius 3 is 2.55 bits per heavy atom. The fourth-order valence-corrected chi connectivity index (χ4v) is 3.44. The molecule has 0 spiro atoms. The quantitative estimate of drug-likeness (QED) is 0.450. The highest BCUT2D eigenvalue weighted by Gasteiger charge is 2.13. The highest BCUT2D eigenvalue weighted by Crippen LogP contribution is 2.29. The maximum atomic E-state index is 12.1. The van der Waals surface area contributed by atoms with Gasteiger partial charge in [-0.25, -0.2) is 4.98 Å². The van der Waals surface area contributed by atoms with Crippen molar-refractivity contribution >= 4 is 11.0 Å². The Kier molecular flexibility index (Phi) is 5.70. The monoisotopic (exact) mass is 420 g/mol. The minimum atomic E-state index is -0.108. The van der Waals surface area contributed by atoms with Crippen molar-refractivity contribution in [2.24, 2.45) is 7.05 Å². The molecule has 0 unspecified atom stereocenters. The fourth-order valence-electron chi connectivity index (χ4n) is 3.44. The number of aryl methyl sites for hydroxylation is 2. The number of nitrogens with zero attached hydrogens (tertiary/aromatic N) is 4. The molecular weight excluding hydrogens is 396 g/mol. The van der Waals surface area contributed by atoms with Gasteiger partial charge in [0.25, 0.3) is 5.56 Å². The third-order valence-corrected chi connectivity index (χ3v) is 4.93. The third kappa shape index (κ3) is 4.14. The van der Waals surface area contributed by atoms with Crippen LogP contribution >= 0.6 is 0 Å². The van der Waals surface area contributed by atoms with Crippen molar-refractivity contribution in [1.29, 1.82) is 0 Å². The van der Waals surface area contributed by atoms with Crippen LogP contribution in [0.3, 0.4) is 0 Å². The molecular formula is C23H24N4O4. The molecule has 2 heterocycles. The molecule has 0 bridgehead atoms. The van der Waals surface area contributed by atoms with Gasteiger partial charge in [-0.2, -0.15) is 4.98 Å². The van der Waals surface area contributed by atoms with Gasteiger partial charge in [0.15, 0.2) is 11.5 Å². The van der Waals surface area contributed by atoms with Crippen LogP contribution in [0.5, 0.6) is 11.5 Å². The van der Waals surface area contributed by atoms with E-state index in [0.29, 0.717) is 54.1 Å². The molecule has 0 aliphatic carbocycles. The van der Waals surface area contributed by atoms with Gasteiger partial charge in [0.2, 0.25) is 11.7 Å². The summed E-state index contributed by atoms with van der Waals surface area (Å²) < 4.78 is 18.4. The number of benzene rings is 2. The lowest BCUT2D eigenvalue weighted by Crippen LogP contribution is -2.21. The van der Waals surface area contributed by atoms with Crippen LogP contribution in [0.2, 0.25) is 0 Å². The Bertz CT molecular complexity index is 1290. The smallest absolute Gasteiger partial charge is 0.272 e. The van der Waals surface area contributed by atoms with Gasteiger partial charge in [-0.3, -0.25) is 4.79 Å². The lowest BCUT2D eigenvalue weighted by Gasteiger charge is -2.11. The predicted octanol–water partition coefficient (Wildman–Crippen LogP) is 3.68. The number of rotatable bonds is 7. The van der Waals surface area contributed by atoms with Crippen molar-refractivity contribution in [3.63, 3.8) is 0 Å². The lowest BCUT2D eigenvalue weighted by atomic mass is 10.1. The summed E-state index contributed by atoms with van der Waals surface area (Å²) in [6.45, 7) is 6.70. The highest BCUT2D eigenvalue weighted by atomic mass is 16.5. The number of hydrogen-bond acceptors (Lipinski definition) is 7. The van der Waals surface area contributed by atoms with Crippen LogP contribution in [0.15, 0.2) is 45.7 Å². The molecule has 4 aromatic rings. The van der Waals surface area contributed by atoms with E-state index in [1.54, 1.807) is 18.5 Å². The molecule has 0 radical (unpaired) electrons. The first-order valence-corrected chi connectivity index (χ1v) is 10.2. The molecule has 0 aliphatic heterocycles. The molecule has 8 heteroatoms. The van der Waals surface area contributed by atoms with E-state index in [0.717, 1.165) is 16.6 Å². The maximum absolute atomic E-state index is 12.1. The summed E-state index contributed by atoms with van der Waals surface area (Å²) in [6.07, 6.45) is 0.471. The van der Waals surface area contributed by atoms with E-state index in [1.165, 1.54) is 0 Å². The molecule has 8 nitrogen and oxygen atoms in total. The van der Waals surface area contributed by atoms with Gasteiger partial charge in [-0.05, 0) is 56.7 Å². The van der Waals surface area contributed by atoms with Crippen LogP contribution in [0.1, 0.15) is 31.0 Å². The molecule has 0 aliphatic rings. The summed E-state index contributed by atoms with van der Waals surface area (Å²) in [6, 6.07) is 11.3. The van der Waals surface area contributed by atoms with Crippen molar-refractivity contribution in [3.05, 3.63) is 63.9 Å². The Morgan fingerprint density at radius 2 is 1.77 bits per heavy atom. The van der Waals surface area contributed by atoms with Crippen LogP contribution < -0.4 is 15.0 Å². The minimum absolute atomic E-state index is 0.108. The average Bonchev–Trinajstić information content (AvgIpc) is 3.22. The molecule has 0 saturated carbocycles. The fraction of sp³-hybridized carbons (Fsp3) is 0.304. The van der Waals surface area contributed by atoms with E-state index >= 15 is 0 Å². The molecule has 0 atom stereocenters. The number of ether oxygens (including phenoxy) is 2. The second-order valence-corrected chi connectivity index (χ2v) is 7.10. The first kappa shape index (κ1) is 20.6. The number of fused-ring (bicyclic) bond motifs is 1. The molecule has 0 fully saturated rings. The zero-order valence-electron chi connectivity index (χ0n) is 18.0. The van der Waals surface area contributed by atoms with Crippen LogP contribution in [0, 0.1) is 6.92 Å². The first-order valence-electron chi connectivity index (χ1n) is 10.2. The predicted molar refractivity (Wildman–Crippen MR) is 117 cm³/mol. The summed E-state index contributed by atoms with van der Waals surface area (Å²) in [7, 11) is 1.73. The summed E-state index contributed by atoms with van der Waals surface area (Å²) >= 11 is 0. The Hall–Kier alpha value is -3.68. The van der Waals surface area contributed by atoms with Gasteiger partial charge in [0.1, 0.15) is 5.69 Å². The summed E-state index contributed by atoms with van der Waals surface area (Å²) in [5.41, 5.74) is 3.55. The standard InChI is InChI=1S/C23H24N4O4/c1-5-29-19-10-7-15(11-20(19)30-6-2)12-21-25-22(26-31-21)16-8-9-18-17(13-16)24-14(3)23(28)27(18)4/h7-11,13H,5-6,12H2,1-4H3. The zero-order valence-corrected chi connectivity index (χ0v) is 18.0. The van der Waals surface area contributed by atoms with E-state index in [1.807, 2.05) is 50.2 Å². The third-order valence-electron chi connectivity index (χ3n) is 4.93. The first-order chi connectivity index (χ1) is 15.0. The van der Waals surface area contributed by atoms with Gasteiger partial charge in [-0.1, -0.05) is 11.2 Å². The molecule has 2 aromatic carbocycles. The maximum Gasteiger partial charge on any atom is 0.272 e. The van der Waals surface area contributed by atoms with Crippen molar-refractivity contribution in [2.45, 2.75) is 27.2 Å². The summed E-state index contributed by atoms with van der Waals surface area (Å²) in [4.78, 5) is 21.0. The van der Waals surface area contributed by atoms with Crippen molar-refractivity contribution in [1.82, 2.24) is 19.7 Å². The molecule has 0 amide bonds. The van der Waals surface area contributed by atoms with Crippen molar-refractivity contribution in [3.8, 4) is 22.9 Å². The average molecular weight is 420 g/mol. The lowest BCUT2D eigenvalue weighted by molar-refractivity contribution is 0.287. The van der Waals surface area contributed by atoms with E-state index in [-0.39, 0.29) is 5.56 Å². The molecule has 0 saturated heterocycles. The normalized spacial score (nSPS) is 11.1. The van der Waals surface area contributed by atoms with Crippen LogP contribution in [0.4, 0.5) is 0 Å². The van der Waals surface area contributed by atoms with Crippen LogP contribution in [-0.4, -0.2) is 32.9 Å². The van der Waals surface area contributed by atoms with E-state index in [4.69, 9.17) is 14.0 Å². The van der Waals surface area contributed by atoms with Crippen LogP contribution in [0.25, 0.3) is 22.4 Å². The van der Waals surface area contributed by atoms with Gasteiger partial charge in [0, 0.05) is 12.6 Å². The molecule has 4 rings (SSSR count). The molecule has 0 N–H and O–H groups in total. The largest absolute Gasteiger partial charge is 0.490 e. The van der Waals surface area contributed by atoms with E-state index < -0.39 is 0 Å². The number of aromatic nitrogens is 4. The Morgan fingerprint density at radius 1 is 1.00 bits per heavy atom. The van der Waals surface area contributed by atoms with Gasteiger partial charge in [0.05, 0.1) is 30.7 Å². The number of hydrogen-bond donors (Lipinski definition) is 0. The second-order valence-electron chi connectivity index (χ2n) is 7.10. The van der Waals surface area contributed by atoms with Crippen molar-refractivity contribution in [2.75, 3.05) is 13.2 Å². The Balaban J connectivity index is 1.61. The van der Waals surface area contributed by atoms with Gasteiger partial charge < -0.3 is 18.6 Å². The van der Waals surface area contributed by atoms with Gasteiger partial charge >= 0.3 is 0 Å². The van der Waals surface area contributed by atoms with E-state index in [2.05, 4.69) is 15.1 Å². The van der Waals surface area contributed by atoms with Crippen molar-refractivity contribution < 1.29 is 14.0 Å². The summed E-state index contributed by atoms with van der Waals surface area (Å²) in [5.74, 6) is 2.38. The second kappa shape index (κ2) is 8.59. The Labute approximate surface area is 179 Å².